The first-order valence-electron chi connectivity index (χ1n) is 8.76. The Labute approximate surface area is 146 Å². The van der Waals surface area contributed by atoms with Crippen molar-refractivity contribution in [3.63, 3.8) is 0 Å². The molecule has 132 valence electrons. The molecule has 2 aliphatic heterocycles. The van der Waals surface area contributed by atoms with Crippen LogP contribution in [0.5, 0.6) is 11.5 Å². The van der Waals surface area contributed by atoms with Crippen LogP contribution < -0.4 is 9.47 Å². The van der Waals surface area contributed by atoms with Crippen molar-refractivity contribution in [1.82, 2.24) is 19.7 Å². The minimum Gasteiger partial charge on any atom is -0.486 e. The molecule has 7 nitrogen and oxygen atoms in total. The molecular formula is C18H22N4O3. The van der Waals surface area contributed by atoms with E-state index >= 15 is 0 Å². The van der Waals surface area contributed by atoms with E-state index in [-0.39, 0.29) is 11.8 Å². The maximum Gasteiger partial charge on any atom is 0.230 e. The summed E-state index contributed by atoms with van der Waals surface area (Å²) in [5, 5.41) is 8.44. The number of benzene rings is 1. The Morgan fingerprint density at radius 2 is 2.00 bits per heavy atom. The maximum atomic E-state index is 12.9. The summed E-state index contributed by atoms with van der Waals surface area (Å²) in [7, 11) is 0. The van der Waals surface area contributed by atoms with E-state index < -0.39 is 0 Å². The van der Waals surface area contributed by atoms with Crippen molar-refractivity contribution in [1.29, 1.82) is 0 Å². The summed E-state index contributed by atoms with van der Waals surface area (Å²) in [6.45, 7) is 7.07. The van der Waals surface area contributed by atoms with Gasteiger partial charge in [0, 0.05) is 19.5 Å². The van der Waals surface area contributed by atoms with Crippen molar-refractivity contribution in [3.05, 3.63) is 35.4 Å². The van der Waals surface area contributed by atoms with Gasteiger partial charge in [0.2, 0.25) is 5.91 Å². The third kappa shape index (κ3) is 2.83. The molecule has 1 aromatic carbocycles. The number of hydrogen-bond acceptors (Lipinski definition) is 5. The number of ether oxygens (including phenoxy) is 2. The van der Waals surface area contributed by atoms with Crippen LogP contribution in [-0.4, -0.2) is 45.3 Å². The van der Waals surface area contributed by atoms with Gasteiger partial charge in [-0.15, -0.1) is 10.2 Å². The van der Waals surface area contributed by atoms with Gasteiger partial charge in [-0.2, -0.15) is 0 Å². The SMILES string of the molecule is CCc1nnc2n1CCN(C(=O)[C@H](C)c1ccc3c(c1)OCCO3)C2. The number of aryl methyl sites for hydroxylation is 1. The summed E-state index contributed by atoms with van der Waals surface area (Å²) in [6, 6.07) is 5.74. The number of carbonyl (C=O) groups excluding carboxylic acids is 1. The Balaban J connectivity index is 1.51. The molecule has 0 aliphatic carbocycles. The monoisotopic (exact) mass is 342 g/mol. The van der Waals surface area contributed by atoms with Crippen molar-refractivity contribution in [3.8, 4) is 11.5 Å². The van der Waals surface area contributed by atoms with E-state index in [4.69, 9.17) is 9.47 Å². The quantitative estimate of drug-likeness (QED) is 0.850. The summed E-state index contributed by atoms with van der Waals surface area (Å²) in [5.41, 5.74) is 0.940. The van der Waals surface area contributed by atoms with E-state index in [1.807, 2.05) is 30.0 Å². The molecule has 4 rings (SSSR count). The molecule has 0 spiro atoms. The van der Waals surface area contributed by atoms with Crippen molar-refractivity contribution >= 4 is 5.91 Å². The smallest absolute Gasteiger partial charge is 0.230 e. The van der Waals surface area contributed by atoms with E-state index in [9.17, 15) is 4.79 Å². The van der Waals surface area contributed by atoms with Crippen LogP contribution in [-0.2, 0) is 24.3 Å². The summed E-state index contributed by atoms with van der Waals surface area (Å²) in [6.07, 6.45) is 0.856. The van der Waals surface area contributed by atoms with Crippen LogP contribution in [0.25, 0.3) is 0 Å². The van der Waals surface area contributed by atoms with Crippen LogP contribution >= 0.6 is 0 Å². The van der Waals surface area contributed by atoms with Crippen LogP contribution in [0.3, 0.4) is 0 Å². The van der Waals surface area contributed by atoms with Crippen molar-refractivity contribution in [2.75, 3.05) is 19.8 Å². The number of nitrogens with zero attached hydrogens (tertiary/aromatic N) is 4. The third-order valence-electron chi connectivity index (χ3n) is 4.89. The van der Waals surface area contributed by atoms with Crippen LogP contribution in [0.4, 0.5) is 0 Å². The number of amides is 1. The van der Waals surface area contributed by atoms with Crippen LogP contribution in [0.1, 0.15) is 37.0 Å². The summed E-state index contributed by atoms with van der Waals surface area (Å²) in [5.74, 6) is 3.18. The van der Waals surface area contributed by atoms with E-state index in [0.717, 1.165) is 41.7 Å². The largest absolute Gasteiger partial charge is 0.486 e. The highest BCUT2D eigenvalue weighted by Gasteiger charge is 2.28. The Kier molecular flexibility index (Phi) is 4.07. The van der Waals surface area contributed by atoms with Gasteiger partial charge in [-0.05, 0) is 24.6 Å². The third-order valence-corrected chi connectivity index (χ3v) is 4.89. The van der Waals surface area contributed by atoms with E-state index in [1.165, 1.54) is 0 Å². The summed E-state index contributed by atoms with van der Waals surface area (Å²) >= 11 is 0. The molecule has 0 radical (unpaired) electrons. The molecule has 25 heavy (non-hydrogen) atoms. The highest BCUT2D eigenvalue weighted by molar-refractivity contribution is 5.83. The predicted molar refractivity (Wildman–Crippen MR) is 90.7 cm³/mol. The van der Waals surface area contributed by atoms with Gasteiger partial charge in [0.15, 0.2) is 17.3 Å². The van der Waals surface area contributed by atoms with Gasteiger partial charge in [0.25, 0.3) is 0 Å². The lowest BCUT2D eigenvalue weighted by Gasteiger charge is -2.30. The zero-order valence-corrected chi connectivity index (χ0v) is 14.6. The van der Waals surface area contributed by atoms with Crippen molar-refractivity contribution < 1.29 is 14.3 Å². The molecule has 3 heterocycles. The zero-order chi connectivity index (χ0) is 17.4. The first-order valence-corrected chi connectivity index (χ1v) is 8.76. The second-order valence-electron chi connectivity index (χ2n) is 6.42. The predicted octanol–water partition coefficient (Wildman–Crippen LogP) is 1.76. The van der Waals surface area contributed by atoms with E-state index in [0.29, 0.717) is 26.3 Å². The van der Waals surface area contributed by atoms with Crippen LogP contribution in [0.2, 0.25) is 0 Å². The highest BCUT2D eigenvalue weighted by Crippen LogP contribution is 2.33. The zero-order valence-electron chi connectivity index (χ0n) is 14.6. The van der Waals surface area contributed by atoms with Gasteiger partial charge in [0.05, 0.1) is 12.5 Å². The van der Waals surface area contributed by atoms with Crippen molar-refractivity contribution in [2.24, 2.45) is 0 Å². The Bertz CT molecular complexity index is 802. The summed E-state index contributed by atoms with van der Waals surface area (Å²) in [4.78, 5) is 14.8. The average molecular weight is 342 g/mol. The molecule has 0 saturated carbocycles. The number of fused-ring (bicyclic) bond motifs is 2. The van der Waals surface area contributed by atoms with Crippen LogP contribution in [0, 0.1) is 0 Å². The Morgan fingerprint density at radius 3 is 2.80 bits per heavy atom. The molecule has 7 heteroatoms. The number of rotatable bonds is 3. The lowest BCUT2D eigenvalue weighted by atomic mass is 9.98. The normalized spacial score (nSPS) is 17.1. The molecule has 0 N–H and O–H groups in total. The number of carbonyl (C=O) groups is 1. The molecule has 2 aliphatic rings. The lowest BCUT2D eigenvalue weighted by Crippen LogP contribution is -2.40. The molecule has 1 amide bonds. The molecule has 0 saturated heterocycles. The molecule has 1 aromatic heterocycles. The van der Waals surface area contributed by atoms with Gasteiger partial charge in [-0.25, -0.2) is 0 Å². The van der Waals surface area contributed by atoms with E-state index in [1.54, 1.807) is 0 Å². The first-order chi connectivity index (χ1) is 12.2. The van der Waals surface area contributed by atoms with Gasteiger partial charge in [0.1, 0.15) is 19.0 Å². The molecule has 0 bridgehead atoms. The van der Waals surface area contributed by atoms with Gasteiger partial charge >= 0.3 is 0 Å². The number of hydrogen-bond donors (Lipinski definition) is 0. The Hall–Kier alpha value is -2.57. The lowest BCUT2D eigenvalue weighted by molar-refractivity contribution is -0.134. The second kappa shape index (κ2) is 6.38. The minimum atomic E-state index is -0.240. The topological polar surface area (TPSA) is 69.5 Å². The van der Waals surface area contributed by atoms with Crippen molar-refractivity contribution in [2.45, 2.75) is 39.3 Å². The second-order valence-corrected chi connectivity index (χ2v) is 6.42. The molecule has 1 atom stereocenters. The Morgan fingerprint density at radius 1 is 1.20 bits per heavy atom. The summed E-state index contributed by atoms with van der Waals surface area (Å²) < 4.78 is 13.3. The van der Waals surface area contributed by atoms with Gasteiger partial charge in [-0.3, -0.25) is 4.79 Å². The fourth-order valence-corrected chi connectivity index (χ4v) is 3.41. The molecular weight excluding hydrogens is 320 g/mol. The average Bonchev–Trinajstić information content (AvgIpc) is 3.08. The van der Waals surface area contributed by atoms with Gasteiger partial charge in [-0.1, -0.05) is 13.0 Å². The fraction of sp³-hybridized carbons (Fsp3) is 0.500. The molecule has 0 fully saturated rings. The molecule has 2 aromatic rings. The minimum absolute atomic E-state index is 0.101. The highest BCUT2D eigenvalue weighted by atomic mass is 16.6. The van der Waals surface area contributed by atoms with Crippen LogP contribution in [0.15, 0.2) is 18.2 Å². The van der Waals surface area contributed by atoms with E-state index in [2.05, 4.69) is 21.7 Å². The first kappa shape index (κ1) is 15.9. The fourth-order valence-electron chi connectivity index (χ4n) is 3.41. The maximum absolute atomic E-state index is 12.9. The van der Waals surface area contributed by atoms with Gasteiger partial charge < -0.3 is 18.9 Å². The standard InChI is InChI=1S/C18H22N4O3/c1-3-16-19-20-17-11-21(6-7-22(16)17)18(23)12(2)13-4-5-14-15(10-13)25-9-8-24-14/h4-5,10,12H,3,6-9,11H2,1-2H3/t12-/m1/s1. The molecule has 0 unspecified atom stereocenters. The number of aromatic nitrogens is 3.